The van der Waals surface area contributed by atoms with Crippen molar-refractivity contribution >= 4 is 0 Å². The van der Waals surface area contributed by atoms with Crippen LogP contribution in [0.2, 0.25) is 0 Å². The van der Waals surface area contributed by atoms with E-state index >= 15 is 0 Å². The lowest BCUT2D eigenvalue weighted by Crippen LogP contribution is -1.93. The average molecular weight is 233 g/mol. The number of aryl methyl sites for hydroxylation is 1. The molecule has 0 unspecified atom stereocenters. The minimum absolute atomic E-state index is 0.271. The Morgan fingerprint density at radius 1 is 1.29 bits per heavy atom. The lowest BCUT2D eigenvalue weighted by molar-refractivity contribution is 0.275. The molecule has 17 heavy (non-hydrogen) atoms. The SMILES string of the molecule is Cc1ccc(Oc2ccc(F)cc2CO)cn1. The smallest absolute Gasteiger partial charge is 0.145 e. The molecule has 3 nitrogen and oxygen atoms in total. The maximum atomic E-state index is 12.9. The number of aliphatic hydroxyl groups is 1. The number of halogens is 1. The van der Waals surface area contributed by atoms with Crippen molar-refractivity contribution in [1.82, 2.24) is 4.98 Å². The molecule has 0 spiro atoms. The third-order valence-electron chi connectivity index (χ3n) is 2.30. The van der Waals surface area contributed by atoms with Crippen LogP contribution < -0.4 is 4.74 Å². The molecule has 1 aromatic carbocycles. The van der Waals surface area contributed by atoms with Gasteiger partial charge in [-0.2, -0.15) is 0 Å². The third-order valence-corrected chi connectivity index (χ3v) is 2.30. The molecule has 0 saturated heterocycles. The lowest BCUT2D eigenvalue weighted by atomic mass is 10.2. The van der Waals surface area contributed by atoms with E-state index in [4.69, 9.17) is 9.84 Å². The van der Waals surface area contributed by atoms with Crippen LogP contribution in [0, 0.1) is 12.7 Å². The maximum Gasteiger partial charge on any atom is 0.145 e. The number of benzene rings is 1. The molecule has 4 heteroatoms. The van der Waals surface area contributed by atoms with Crippen LogP contribution in [0.3, 0.4) is 0 Å². The van der Waals surface area contributed by atoms with E-state index in [1.807, 2.05) is 13.0 Å². The van der Waals surface area contributed by atoms with Crippen molar-refractivity contribution in [3.8, 4) is 11.5 Å². The first-order valence-corrected chi connectivity index (χ1v) is 5.19. The van der Waals surface area contributed by atoms with Gasteiger partial charge in [0.15, 0.2) is 0 Å². The van der Waals surface area contributed by atoms with Gasteiger partial charge in [-0.25, -0.2) is 4.39 Å². The summed E-state index contributed by atoms with van der Waals surface area (Å²) in [6, 6.07) is 7.61. The molecule has 0 fully saturated rings. The molecule has 0 aliphatic carbocycles. The molecule has 1 aromatic heterocycles. The predicted molar refractivity (Wildman–Crippen MR) is 61.4 cm³/mol. The molecular weight excluding hydrogens is 221 g/mol. The van der Waals surface area contributed by atoms with Crippen LogP contribution in [0.4, 0.5) is 4.39 Å². The summed E-state index contributed by atoms with van der Waals surface area (Å²) in [6.45, 7) is 1.60. The third kappa shape index (κ3) is 2.79. The highest BCUT2D eigenvalue weighted by Crippen LogP contribution is 2.25. The molecule has 0 amide bonds. The van der Waals surface area contributed by atoms with Gasteiger partial charge in [-0.15, -0.1) is 0 Å². The number of nitrogens with zero attached hydrogens (tertiary/aromatic N) is 1. The van der Waals surface area contributed by atoms with Crippen LogP contribution in [0.5, 0.6) is 11.5 Å². The van der Waals surface area contributed by atoms with E-state index in [0.29, 0.717) is 17.1 Å². The van der Waals surface area contributed by atoms with Crippen molar-refractivity contribution in [2.24, 2.45) is 0 Å². The molecule has 88 valence electrons. The highest BCUT2D eigenvalue weighted by molar-refractivity contribution is 5.37. The van der Waals surface area contributed by atoms with Gasteiger partial charge in [-0.3, -0.25) is 4.98 Å². The average Bonchev–Trinajstić information content (AvgIpc) is 2.34. The van der Waals surface area contributed by atoms with Gasteiger partial charge < -0.3 is 9.84 Å². The van der Waals surface area contributed by atoms with E-state index < -0.39 is 5.82 Å². The standard InChI is InChI=1S/C13H12FNO2/c1-9-2-4-12(7-15-9)17-13-5-3-11(14)6-10(13)8-16/h2-7,16H,8H2,1H3. The fraction of sp³-hybridized carbons (Fsp3) is 0.154. The van der Waals surface area contributed by atoms with Crippen molar-refractivity contribution in [3.05, 3.63) is 53.6 Å². The van der Waals surface area contributed by atoms with Gasteiger partial charge in [0.1, 0.15) is 17.3 Å². The zero-order valence-electron chi connectivity index (χ0n) is 9.35. The zero-order chi connectivity index (χ0) is 12.3. The fourth-order valence-corrected chi connectivity index (χ4v) is 1.41. The summed E-state index contributed by atoms with van der Waals surface area (Å²) in [5.41, 5.74) is 1.30. The van der Waals surface area contributed by atoms with Crippen LogP contribution >= 0.6 is 0 Å². The summed E-state index contributed by atoms with van der Waals surface area (Å²) in [6.07, 6.45) is 1.58. The van der Waals surface area contributed by atoms with E-state index in [1.165, 1.54) is 18.2 Å². The van der Waals surface area contributed by atoms with Crippen LogP contribution in [-0.2, 0) is 6.61 Å². The number of ether oxygens (including phenoxy) is 1. The Bertz CT molecular complexity index is 511. The Morgan fingerprint density at radius 3 is 2.76 bits per heavy atom. The van der Waals surface area contributed by atoms with E-state index in [1.54, 1.807) is 12.3 Å². The zero-order valence-corrected chi connectivity index (χ0v) is 9.35. The number of hydrogen-bond donors (Lipinski definition) is 1. The van der Waals surface area contributed by atoms with Gasteiger partial charge in [0, 0.05) is 11.3 Å². The molecule has 0 atom stereocenters. The predicted octanol–water partition coefficient (Wildman–Crippen LogP) is 2.81. The first-order valence-electron chi connectivity index (χ1n) is 5.19. The summed E-state index contributed by atoms with van der Waals surface area (Å²) < 4.78 is 18.5. The molecule has 2 rings (SSSR count). The topological polar surface area (TPSA) is 42.4 Å². The van der Waals surface area contributed by atoms with E-state index in [0.717, 1.165) is 5.69 Å². The molecule has 0 bridgehead atoms. The number of pyridine rings is 1. The first kappa shape index (κ1) is 11.5. The molecule has 0 radical (unpaired) electrons. The normalized spacial score (nSPS) is 10.3. The second kappa shape index (κ2) is 4.93. The van der Waals surface area contributed by atoms with E-state index in [-0.39, 0.29) is 6.61 Å². The Morgan fingerprint density at radius 2 is 2.12 bits per heavy atom. The summed E-state index contributed by atoms with van der Waals surface area (Å²) in [7, 11) is 0. The fourth-order valence-electron chi connectivity index (χ4n) is 1.41. The highest BCUT2D eigenvalue weighted by Gasteiger charge is 2.05. The monoisotopic (exact) mass is 233 g/mol. The molecule has 1 N–H and O–H groups in total. The number of hydrogen-bond acceptors (Lipinski definition) is 3. The Balaban J connectivity index is 2.26. The number of aliphatic hydroxyl groups excluding tert-OH is 1. The number of aromatic nitrogens is 1. The first-order chi connectivity index (χ1) is 8.19. The molecular formula is C13H12FNO2. The minimum Gasteiger partial charge on any atom is -0.455 e. The molecule has 0 saturated carbocycles. The van der Waals surface area contributed by atoms with Crippen LogP contribution in [0.25, 0.3) is 0 Å². The van der Waals surface area contributed by atoms with Gasteiger partial charge in [-0.1, -0.05) is 0 Å². The van der Waals surface area contributed by atoms with E-state index in [2.05, 4.69) is 4.98 Å². The molecule has 0 aliphatic rings. The van der Waals surface area contributed by atoms with Gasteiger partial charge in [-0.05, 0) is 37.3 Å². The largest absolute Gasteiger partial charge is 0.455 e. The van der Waals surface area contributed by atoms with Gasteiger partial charge in [0.2, 0.25) is 0 Å². The molecule has 1 heterocycles. The lowest BCUT2D eigenvalue weighted by Gasteiger charge is -2.09. The Hall–Kier alpha value is -1.94. The van der Waals surface area contributed by atoms with Crippen molar-refractivity contribution in [3.63, 3.8) is 0 Å². The van der Waals surface area contributed by atoms with Crippen molar-refractivity contribution in [2.45, 2.75) is 13.5 Å². The van der Waals surface area contributed by atoms with Gasteiger partial charge >= 0.3 is 0 Å². The van der Waals surface area contributed by atoms with Crippen molar-refractivity contribution < 1.29 is 14.2 Å². The van der Waals surface area contributed by atoms with Gasteiger partial charge in [0.25, 0.3) is 0 Å². The molecule has 0 aliphatic heterocycles. The summed E-state index contributed by atoms with van der Waals surface area (Å²) in [5.74, 6) is 0.583. The van der Waals surface area contributed by atoms with Crippen LogP contribution in [0.15, 0.2) is 36.5 Å². The van der Waals surface area contributed by atoms with Crippen molar-refractivity contribution in [2.75, 3.05) is 0 Å². The van der Waals surface area contributed by atoms with Crippen LogP contribution in [-0.4, -0.2) is 10.1 Å². The summed E-state index contributed by atoms with van der Waals surface area (Å²) >= 11 is 0. The van der Waals surface area contributed by atoms with Crippen molar-refractivity contribution in [1.29, 1.82) is 0 Å². The Labute approximate surface area is 98.5 Å². The van der Waals surface area contributed by atoms with E-state index in [9.17, 15) is 4.39 Å². The second-order valence-electron chi connectivity index (χ2n) is 3.65. The maximum absolute atomic E-state index is 12.9. The minimum atomic E-state index is -0.400. The second-order valence-corrected chi connectivity index (χ2v) is 3.65. The summed E-state index contributed by atoms with van der Waals surface area (Å²) in [5, 5.41) is 9.10. The molecule has 2 aromatic rings. The quantitative estimate of drug-likeness (QED) is 0.886. The summed E-state index contributed by atoms with van der Waals surface area (Å²) in [4.78, 5) is 4.09. The van der Waals surface area contributed by atoms with Gasteiger partial charge in [0.05, 0.1) is 12.8 Å². The Kier molecular flexibility index (Phi) is 3.35. The highest BCUT2D eigenvalue weighted by atomic mass is 19.1. The number of rotatable bonds is 3. The van der Waals surface area contributed by atoms with Crippen LogP contribution in [0.1, 0.15) is 11.3 Å².